The van der Waals surface area contributed by atoms with Crippen LogP contribution in [0.5, 0.6) is 0 Å². The van der Waals surface area contributed by atoms with Gasteiger partial charge >= 0.3 is 6.61 Å². The van der Waals surface area contributed by atoms with E-state index in [9.17, 15) is 8.78 Å². The fraction of sp³-hybridized carbons (Fsp3) is 0.333. The summed E-state index contributed by atoms with van der Waals surface area (Å²) < 4.78 is 27.7. The van der Waals surface area contributed by atoms with Crippen molar-refractivity contribution in [3.8, 4) is 0 Å². The fourth-order valence-corrected chi connectivity index (χ4v) is 0.873. The van der Waals surface area contributed by atoms with Crippen molar-refractivity contribution in [2.75, 3.05) is 0 Å². The van der Waals surface area contributed by atoms with E-state index < -0.39 is 6.61 Å². The third-order valence-electron chi connectivity index (χ3n) is 1.46. The molecule has 0 saturated heterocycles. The number of halogens is 2. The van der Waals surface area contributed by atoms with Crippen molar-refractivity contribution < 1.29 is 13.5 Å². The molecule has 1 nitrogen and oxygen atoms in total. The molecule has 12 heavy (non-hydrogen) atoms. The van der Waals surface area contributed by atoms with Crippen molar-refractivity contribution in [3.63, 3.8) is 0 Å². The van der Waals surface area contributed by atoms with Crippen molar-refractivity contribution in [1.82, 2.24) is 0 Å². The first-order chi connectivity index (χ1) is 5.68. The molecule has 0 heterocycles. The Morgan fingerprint density at radius 3 is 2.83 bits per heavy atom. The van der Waals surface area contributed by atoms with Gasteiger partial charge in [-0.3, -0.25) is 0 Å². The molecule has 0 spiro atoms. The van der Waals surface area contributed by atoms with E-state index in [2.05, 4.69) is 4.74 Å². The van der Waals surface area contributed by atoms with Crippen LogP contribution in [0.3, 0.4) is 0 Å². The number of hydrogen-bond acceptors (Lipinski definition) is 1. The largest absolute Gasteiger partial charge is 0.435 e. The molecule has 0 radical (unpaired) electrons. The van der Waals surface area contributed by atoms with Crippen LogP contribution in [-0.2, 0) is 4.74 Å². The van der Waals surface area contributed by atoms with Crippen LogP contribution >= 0.6 is 0 Å². The Kier molecular flexibility index (Phi) is 3.02. The summed E-state index contributed by atoms with van der Waals surface area (Å²) in [6.07, 6.45) is 8.49. The number of alkyl halides is 2. The quantitative estimate of drug-likeness (QED) is 0.622. The maximum absolute atomic E-state index is 11.7. The Hall–Kier alpha value is -1.12. The summed E-state index contributed by atoms with van der Waals surface area (Å²) in [5, 5.41) is 0. The third-order valence-corrected chi connectivity index (χ3v) is 1.46. The summed E-state index contributed by atoms with van der Waals surface area (Å²) in [4.78, 5) is 0. The maximum Gasteiger partial charge on any atom is 0.387 e. The van der Waals surface area contributed by atoms with Crippen molar-refractivity contribution in [3.05, 3.63) is 36.1 Å². The summed E-state index contributed by atoms with van der Waals surface area (Å²) in [5.41, 5.74) is 0. The monoisotopic (exact) mass is 172 g/mol. The van der Waals surface area contributed by atoms with Crippen LogP contribution in [0.1, 0.15) is 6.92 Å². The first-order valence-electron chi connectivity index (χ1n) is 3.70. The van der Waals surface area contributed by atoms with Gasteiger partial charge in [-0.1, -0.05) is 25.2 Å². The van der Waals surface area contributed by atoms with Gasteiger partial charge in [-0.2, -0.15) is 8.78 Å². The van der Waals surface area contributed by atoms with Gasteiger partial charge in [-0.15, -0.1) is 0 Å². The van der Waals surface area contributed by atoms with Crippen LogP contribution < -0.4 is 0 Å². The van der Waals surface area contributed by atoms with Crippen molar-refractivity contribution in [2.24, 2.45) is 5.92 Å². The molecule has 0 aromatic rings. The van der Waals surface area contributed by atoms with Gasteiger partial charge in [0.25, 0.3) is 0 Å². The molecule has 0 N–H and O–H groups in total. The molecule has 3 heteroatoms. The average Bonchev–Trinajstić information content (AvgIpc) is 2.15. The van der Waals surface area contributed by atoms with E-state index in [1.165, 1.54) is 6.08 Å². The van der Waals surface area contributed by atoms with E-state index in [-0.39, 0.29) is 11.7 Å². The molecule has 0 bridgehead atoms. The summed E-state index contributed by atoms with van der Waals surface area (Å²) >= 11 is 0. The summed E-state index contributed by atoms with van der Waals surface area (Å²) in [5.74, 6) is 0.464. The zero-order valence-electron chi connectivity index (χ0n) is 6.71. The minimum Gasteiger partial charge on any atom is -0.435 e. The molecular weight excluding hydrogens is 162 g/mol. The normalized spacial score (nSPS) is 22.3. The predicted molar refractivity (Wildman–Crippen MR) is 42.6 cm³/mol. The van der Waals surface area contributed by atoms with Gasteiger partial charge < -0.3 is 4.74 Å². The number of allylic oxidation sites excluding steroid dienone is 5. The van der Waals surface area contributed by atoms with E-state index >= 15 is 0 Å². The molecule has 0 aliphatic heterocycles. The van der Waals surface area contributed by atoms with Gasteiger partial charge in [0.15, 0.2) is 0 Å². The van der Waals surface area contributed by atoms with Gasteiger partial charge in [0.1, 0.15) is 5.76 Å². The SMILES string of the molecule is CC1C=CC=C(OC(F)F)C=C1. The van der Waals surface area contributed by atoms with Gasteiger partial charge in [0, 0.05) is 0 Å². The smallest absolute Gasteiger partial charge is 0.387 e. The Morgan fingerprint density at radius 2 is 2.17 bits per heavy atom. The van der Waals surface area contributed by atoms with Crippen LogP contribution in [0.2, 0.25) is 0 Å². The summed E-state index contributed by atoms with van der Waals surface area (Å²) in [6.45, 7) is -0.783. The average molecular weight is 172 g/mol. The van der Waals surface area contributed by atoms with Gasteiger partial charge in [-0.05, 0) is 18.1 Å². The van der Waals surface area contributed by atoms with Gasteiger partial charge in [-0.25, -0.2) is 0 Å². The molecule has 1 aliphatic carbocycles. The molecular formula is C9H10F2O. The molecule has 1 rings (SSSR count). The number of hydrogen-bond donors (Lipinski definition) is 0. The van der Waals surface area contributed by atoms with Crippen LogP contribution in [-0.4, -0.2) is 6.61 Å². The lowest BCUT2D eigenvalue weighted by Crippen LogP contribution is -1.96. The second kappa shape index (κ2) is 4.04. The predicted octanol–water partition coefficient (Wildman–Crippen LogP) is 2.87. The highest BCUT2D eigenvalue weighted by atomic mass is 19.3. The maximum atomic E-state index is 11.7. The highest BCUT2D eigenvalue weighted by molar-refractivity contribution is 5.24. The zero-order valence-corrected chi connectivity index (χ0v) is 6.71. The van der Waals surface area contributed by atoms with E-state index in [0.29, 0.717) is 0 Å². The van der Waals surface area contributed by atoms with Crippen LogP contribution in [0.15, 0.2) is 36.1 Å². The Bertz CT molecular complexity index is 229. The lowest BCUT2D eigenvalue weighted by molar-refractivity contribution is -0.0919. The molecule has 1 atom stereocenters. The molecule has 66 valence electrons. The Balaban J connectivity index is 2.60. The van der Waals surface area contributed by atoms with E-state index in [1.807, 2.05) is 13.0 Å². The highest BCUT2D eigenvalue weighted by Gasteiger charge is 2.04. The second-order valence-electron chi connectivity index (χ2n) is 2.55. The topological polar surface area (TPSA) is 9.23 Å². The third kappa shape index (κ3) is 2.86. The Labute approximate surface area is 70.0 Å². The summed E-state index contributed by atoms with van der Waals surface area (Å²) in [7, 11) is 0. The first-order valence-corrected chi connectivity index (χ1v) is 3.70. The second-order valence-corrected chi connectivity index (χ2v) is 2.55. The van der Waals surface area contributed by atoms with Crippen LogP contribution in [0.25, 0.3) is 0 Å². The summed E-state index contributed by atoms with van der Waals surface area (Å²) in [6, 6.07) is 0. The van der Waals surface area contributed by atoms with E-state index in [1.54, 1.807) is 18.2 Å². The minimum absolute atomic E-state index is 0.200. The lowest BCUT2D eigenvalue weighted by Gasteiger charge is -2.02. The van der Waals surface area contributed by atoms with Gasteiger partial charge in [0.05, 0.1) is 0 Å². The standard InChI is InChI=1S/C9H10F2O/c1-7-3-2-4-8(6-5-7)12-9(10)11/h2-7,9H,1H3. The minimum atomic E-state index is -2.75. The number of ether oxygens (including phenoxy) is 1. The highest BCUT2D eigenvalue weighted by Crippen LogP contribution is 2.13. The van der Waals surface area contributed by atoms with Crippen molar-refractivity contribution in [2.45, 2.75) is 13.5 Å². The molecule has 0 saturated carbocycles. The first kappa shape index (κ1) is 8.97. The zero-order chi connectivity index (χ0) is 8.97. The van der Waals surface area contributed by atoms with Crippen molar-refractivity contribution >= 4 is 0 Å². The molecule has 0 aromatic heterocycles. The van der Waals surface area contributed by atoms with E-state index in [0.717, 1.165) is 0 Å². The van der Waals surface area contributed by atoms with Crippen molar-refractivity contribution in [1.29, 1.82) is 0 Å². The van der Waals surface area contributed by atoms with E-state index in [4.69, 9.17) is 0 Å². The lowest BCUT2D eigenvalue weighted by atomic mass is 10.2. The van der Waals surface area contributed by atoms with Crippen LogP contribution in [0.4, 0.5) is 8.78 Å². The molecule has 0 aromatic carbocycles. The van der Waals surface area contributed by atoms with Gasteiger partial charge in [0.2, 0.25) is 0 Å². The molecule has 0 amide bonds. The molecule has 0 fully saturated rings. The molecule has 1 unspecified atom stereocenters. The van der Waals surface area contributed by atoms with Crippen LogP contribution in [0, 0.1) is 5.92 Å². The molecule has 1 aliphatic rings. The fourth-order valence-electron chi connectivity index (χ4n) is 0.873. The Morgan fingerprint density at radius 1 is 1.42 bits per heavy atom. The number of rotatable bonds is 2.